The van der Waals surface area contributed by atoms with Gasteiger partial charge in [0.1, 0.15) is 11.5 Å². The SMILES string of the molecule is Cc1cc(C)n(CCC(=O)N2C[C@@H]3C(=O)NCCN(C(=O)c4cc(C)on4)CCCOc4cccc(c4)[C@H]3C2)n1. The van der Waals surface area contributed by atoms with Gasteiger partial charge in [-0.15, -0.1) is 0 Å². The number of hydrogen-bond donors (Lipinski definition) is 1. The summed E-state index contributed by atoms with van der Waals surface area (Å²) in [6.07, 6.45) is 0.926. The number of amides is 3. The molecule has 1 aromatic carbocycles. The van der Waals surface area contributed by atoms with Crippen molar-refractivity contribution in [1.29, 1.82) is 0 Å². The summed E-state index contributed by atoms with van der Waals surface area (Å²) in [6.45, 7) is 8.42. The van der Waals surface area contributed by atoms with E-state index in [1.54, 1.807) is 22.8 Å². The maximum Gasteiger partial charge on any atom is 0.276 e. The number of nitrogens with zero attached hydrogens (tertiary/aromatic N) is 5. The number of likely N-dealkylation sites (tertiary alicyclic amines) is 1. The van der Waals surface area contributed by atoms with Gasteiger partial charge in [0, 0.05) is 63.4 Å². The van der Waals surface area contributed by atoms with Gasteiger partial charge in [0.15, 0.2) is 5.69 Å². The van der Waals surface area contributed by atoms with E-state index in [0.29, 0.717) is 63.7 Å². The van der Waals surface area contributed by atoms with E-state index in [1.807, 2.05) is 48.9 Å². The molecule has 11 nitrogen and oxygen atoms in total. The predicted molar refractivity (Wildman–Crippen MR) is 146 cm³/mol. The van der Waals surface area contributed by atoms with Crippen LogP contribution in [0.1, 0.15) is 52.0 Å². The lowest BCUT2D eigenvalue weighted by molar-refractivity contribution is -0.131. The van der Waals surface area contributed by atoms with E-state index in [4.69, 9.17) is 9.26 Å². The molecule has 2 aliphatic rings. The number of benzene rings is 1. The van der Waals surface area contributed by atoms with Gasteiger partial charge in [-0.25, -0.2) is 0 Å². The van der Waals surface area contributed by atoms with Gasteiger partial charge in [-0.2, -0.15) is 5.10 Å². The van der Waals surface area contributed by atoms with Crippen LogP contribution in [-0.2, 0) is 16.1 Å². The van der Waals surface area contributed by atoms with Crippen LogP contribution in [0.3, 0.4) is 0 Å². The number of hydrogen-bond acceptors (Lipinski definition) is 7. The highest BCUT2D eigenvalue weighted by atomic mass is 16.5. The van der Waals surface area contributed by atoms with Crippen LogP contribution in [0.5, 0.6) is 5.75 Å². The fraction of sp³-hybridized carbons (Fsp3) is 0.483. The zero-order valence-corrected chi connectivity index (χ0v) is 23.3. The van der Waals surface area contributed by atoms with Crippen molar-refractivity contribution in [1.82, 2.24) is 30.1 Å². The second kappa shape index (κ2) is 11.9. The fourth-order valence-electron chi connectivity index (χ4n) is 5.54. The minimum absolute atomic E-state index is 0.00199. The van der Waals surface area contributed by atoms with Crippen LogP contribution < -0.4 is 10.1 Å². The van der Waals surface area contributed by atoms with Crippen LogP contribution in [0.2, 0.25) is 0 Å². The average Bonchev–Trinajstić information content (AvgIpc) is 3.66. The Labute approximate surface area is 233 Å². The van der Waals surface area contributed by atoms with E-state index in [-0.39, 0.29) is 35.9 Å². The second-order valence-electron chi connectivity index (χ2n) is 10.6. The van der Waals surface area contributed by atoms with Crippen molar-refractivity contribution < 1.29 is 23.6 Å². The molecule has 212 valence electrons. The van der Waals surface area contributed by atoms with E-state index < -0.39 is 5.92 Å². The molecule has 1 fully saturated rings. The number of nitrogens with one attached hydrogen (secondary N) is 1. The third kappa shape index (κ3) is 6.19. The first-order valence-corrected chi connectivity index (χ1v) is 13.8. The zero-order chi connectivity index (χ0) is 28.2. The van der Waals surface area contributed by atoms with Gasteiger partial charge in [-0.05, 0) is 51.0 Å². The lowest BCUT2D eigenvalue weighted by Crippen LogP contribution is -2.42. The number of aromatic nitrogens is 3. The van der Waals surface area contributed by atoms with Crippen molar-refractivity contribution in [2.24, 2.45) is 5.92 Å². The van der Waals surface area contributed by atoms with Crippen LogP contribution in [0, 0.1) is 26.7 Å². The summed E-state index contributed by atoms with van der Waals surface area (Å²) in [5.74, 6) is 0.289. The summed E-state index contributed by atoms with van der Waals surface area (Å²) >= 11 is 0. The van der Waals surface area contributed by atoms with Gasteiger partial charge in [0.25, 0.3) is 5.91 Å². The Kier molecular flexibility index (Phi) is 8.18. The highest BCUT2D eigenvalue weighted by Crippen LogP contribution is 2.35. The quantitative estimate of drug-likeness (QED) is 0.531. The molecule has 2 aromatic heterocycles. The zero-order valence-electron chi connectivity index (χ0n) is 23.3. The van der Waals surface area contributed by atoms with E-state index in [1.165, 1.54) is 0 Å². The van der Waals surface area contributed by atoms with Gasteiger partial charge in [0.2, 0.25) is 11.8 Å². The lowest BCUT2D eigenvalue weighted by atomic mass is 9.88. The summed E-state index contributed by atoms with van der Waals surface area (Å²) in [5, 5.41) is 11.3. The largest absolute Gasteiger partial charge is 0.494 e. The Morgan fingerprint density at radius 3 is 2.62 bits per heavy atom. The standard InChI is InChI=1S/C29H36N6O5/c1-19-14-20(2)35(31-19)11-8-27(36)34-17-24-22-6-4-7-23(16-22)39-13-5-10-33(12-9-30-28(37)25(24)18-34)29(38)26-15-21(3)40-32-26/h4,6-7,14-16,24-25H,5,8-13,17-18H2,1-3H3,(H,30,37)/t24-,25+/m1/s1. The minimum Gasteiger partial charge on any atom is -0.494 e. The monoisotopic (exact) mass is 548 g/mol. The maximum absolute atomic E-state index is 13.5. The molecule has 3 amide bonds. The van der Waals surface area contributed by atoms with Crippen LogP contribution in [0.25, 0.3) is 0 Å². The molecule has 3 aromatic rings. The molecule has 11 heteroatoms. The Morgan fingerprint density at radius 1 is 1.05 bits per heavy atom. The van der Waals surface area contributed by atoms with E-state index in [2.05, 4.69) is 15.6 Å². The first-order valence-electron chi connectivity index (χ1n) is 13.8. The van der Waals surface area contributed by atoms with Crippen molar-refractivity contribution in [3.05, 3.63) is 64.8 Å². The smallest absolute Gasteiger partial charge is 0.276 e. The fourth-order valence-corrected chi connectivity index (χ4v) is 5.54. The molecule has 4 heterocycles. The van der Waals surface area contributed by atoms with E-state index >= 15 is 0 Å². The third-order valence-corrected chi connectivity index (χ3v) is 7.59. The molecule has 0 saturated carbocycles. The van der Waals surface area contributed by atoms with Gasteiger partial charge in [-0.1, -0.05) is 17.3 Å². The van der Waals surface area contributed by atoms with Crippen LogP contribution in [-0.4, -0.2) is 81.8 Å². The number of ether oxygens (including phenoxy) is 1. The summed E-state index contributed by atoms with van der Waals surface area (Å²) in [7, 11) is 0. The van der Waals surface area contributed by atoms with Crippen LogP contribution in [0.15, 0.2) is 40.9 Å². The molecule has 40 heavy (non-hydrogen) atoms. The summed E-state index contributed by atoms with van der Waals surface area (Å²) in [6, 6.07) is 11.4. The molecule has 2 atom stereocenters. The average molecular weight is 549 g/mol. The summed E-state index contributed by atoms with van der Waals surface area (Å²) < 4.78 is 12.9. The molecular formula is C29H36N6O5. The Morgan fingerprint density at radius 2 is 1.88 bits per heavy atom. The van der Waals surface area contributed by atoms with Gasteiger partial charge >= 0.3 is 0 Å². The first kappa shape index (κ1) is 27.4. The molecule has 0 radical (unpaired) electrons. The normalized spacial score (nSPS) is 19.9. The number of rotatable bonds is 4. The highest BCUT2D eigenvalue weighted by molar-refractivity contribution is 5.92. The van der Waals surface area contributed by atoms with Gasteiger partial charge < -0.3 is 24.4 Å². The van der Waals surface area contributed by atoms with Crippen molar-refractivity contribution in [2.75, 3.05) is 39.3 Å². The number of carbonyl (C=O) groups excluding carboxylic acids is 3. The maximum atomic E-state index is 13.5. The minimum atomic E-state index is -0.418. The van der Waals surface area contributed by atoms with E-state index in [0.717, 1.165) is 17.0 Å². The molecule has 2 bridgehead atoms. The molecule has 5 rings (SSSR count). The molecule has 0 aliphatic carbocycles. The molecular weight excluding hydrogens is 512 g/mol. The Bertz CT molecular complexity index is 1380. The molecule has 0 unspecified atom stereocenters. The number of aryl methyl sites for hydroxylation is 4. The van der Waals surface area contributed by atoms with Crippen molar-refractivity contribution in [3.63, 3.8) is 0 Å². The van der Waals surface area contributed by atoms with Gasteiger partial charge in [0.05, 0.1) is 18.2 Å². The third-order valence-electron chi connectivity index (χ3n) is 7.59. The second-order valence-corrected chi connectivity index (χ2v) is 10.6. The Hall–Kier alpha value is -4.15. The number of carbonyl (C=O) groups is 3. The van der Waals surface area contributed by atoms with Gasteiger partial charge in [-0.3, -0.25) is 19.1 Å². The van der Waals surface area contributed by atoms with E-state index in [9.17, 15) is 14.4 Å². The van der Waals surface area contributed by atoms with Crippen molar-refractivity contribution >= 4 is 17.7 Å². The lowest BCUT2D eigenvalue weighted by Gasteiger charge is -2.24. The summed E-state index contributed by atoms with van der Waals surface area (Å²) in [4.78, 5) is 43.2. The van der Waals surface area contributed by atoms with Crippen LogP contribution in [0.4, 0.5) is 0 Å². The molecule has 2 aliphatic heterocycles. The highest BCUT2D eigenvalue weighted by Gasteiger charge is 2.40. The molecule has 1 N–H and O–H groups in total. The predicted octanol–water partition coefficient (Wildman–Crippen LogP) is 2.47. The van der Waals surface area contributed by atoms with Crippen molar-refractivity contribution in [3.8, 4) is 5.75 Å². The Balaban J connectivity index is 1.31. The summed E-state index contributed by atoms with van der Waals surface area (Å²) in [5.41, 5.74) is 3.15. The van der Waals surface area contributed by atoms with Crippen LogP contribution >= 0.6 is 0 Å². The number of fused-ring (bicyclic) bond motifs is 4. The molecule has 0 spiro atoms. The van der Waals surface area contributed by atoms with Crippen molar-refractivity contribution in [2.45, 2.75) is 46.1 Å². The topological polar surface area (TPSA) is 123 Å². The molecule has 1 saturated heterocycles. The first-order chi connectivity index (χ1) is 19.3.